The summed E-state index contributed by atoms with van der Waals surface area (Å²) in [5.41, 5.74) is 1.71. The third-order valence-corrected chi connectivity index (χ3v) is 2.89. The smallest absolute Gasteiger partial charge is 0.272 e. The summed E-state index contributed by atoms with van der Waals surface area (Å²) in [5, 5.41) is 13.7. The zero-order valence-corrected chi connectivity index (χ0v) is 10.7. The number of aryl methyl sites for hydroxylation is 1. The molecule has 0 aliphatic carbocycles. The molecule has 0 fully saturated rings. The summed E-state index contributed by atoms with van der Waals surface area (Å²) in [6.07, 6.45) is 0. The lowest BCUT2D eigenvalue weighted by Gasteiger charge is -2.07. The molecule has 0 atom stereocenters. The van der Waals surface area contributed by atoms with E-state index in [1.165, 1.54) is 12.1 Å². The van der Waals surface area contributed by atoms with Crippen LogP contribution in [0.4, 0.5) is 20.2 Å². The summed E-state index contributed by atoms with van der Waals surface area (Å²) >= 11 is 0. The monoisotopic (exact) mass is 278 g/mol. The molecular weight excluding hydrogens is 266 g/mol. The number of benzene rings is 2. The number of nitrogens with one attached hydrogen (secondary N) is 1. The molecule has 0 spiro atoms. The Morgan fingerprint density at radius 2 is 1.90 bits per heavy atom. The Kier molecular flexibility index (Phi) is 3.93. The number of rotatable bonds is 4. The molecule has 0 radical (unpaired) electrons. The van der Waals surface area contributed by atoms with Gasteiger partial charge in [-0.05, 0) is 24.6 Å². The van der Waals surface area contributed by atoms with Crippen molar-refractivity contribution in [3.05, 3.63) is 69.3 Å². The van der Waals surface area contributed by atoms with Gasteiger partial charge in [0.15, 0.2) is 11.6 Å². The van der Waals surface area contributed by atoms with E-state index in [0.29, 0.717) is 16.8 Å². The molecule has 104 valence electrons. The second-order valence-electron chi connectivity index (χ2n) is 4.36. The molecule has 0 amide bonds. The van der Waals surface area contributed by atoms with Crippen LogP contribution in [0, 0.1) is 28.7 Å². The lowest BCUT2D eigenvalue weighted by molar-refractivity contribution is -0.385. The summed E-state index contributed by atoms with van der Waals surface area (Å²) in [7, 11) is 0. The molecule has 0 saturated carbocycles. The second kappa shape index (κ2) is 5.64. The first-order valence-corrected chi connectivity index (χ1v) is 5.90. The van der Waals surface area contributed by atoms with E-state index in [0.717, 1.165) is 12.1 Å². The standard InChI is InChI=1S/C14H12F2N2O2/c1-9-2-3-10(6-14(9)18(19)20)8-17-11-4-5-12(15)13(16)7-11/h2-7,17H,8H2,1H3. The van der Waals surface area contributed by atoms with Gasteiger partial charge in [-0.2, -0.15) is 0 Å². The minimum absolute atomic E-state index is 0.0367. The quantitative estimate of drug-likeness (QED) is 0.683. The number of halogens is 2. The summed E-state index contributed by atoms with van der Waals surface area (Å²) in [4.78, 5) is 10.4. The van der Waals surface area contributed by atoms with Crippen molar-refractivity contribution in [1.29, 1.82) is 0 Å². The van der Waals surface area contributed by atoms with Crippen LogP contribution < -0.4 is 5.32 Å². The number of hydrogen-bond donors (Lipinski definition) is 1. The van der Waals surface area contributed by atoms with Gasteiger partial charge in [0.1, 0.15) is 0 Å². The minimum atomic E-state index is -0.940. The molecule has 0 saturated heterocycles. The van der Waals surface area contributed by atoms with Crippen LogP contribution in [0.2, 0.25) is 0 Å². The van der Waals surface area contributed by atoms with Crippen LogP contribution in [0.25, 0.3) is 0 Å². The molecule has 0 aliphatic heterocycles. The van der Waals surface area contributed by atoms with Crippen LogP contribution in [0.5, 0.6) is 0 Å². The van der Waals surface area contributed by atoms with Gasteiger partial charge in [-0.3, -0.25) is 10.1 Å². The maximum Gasteiger partial charge on any atom is 0.272 e. The molecule has 0 unspecified atom stereocenters. The fourth-order valence-electron chi connectivity index (χ4n) is 1.77. The number of nitrogens with zero attached hydrogens (tertiary/aromatic N) is 1. The number of nitro benzene ring substituents is 1. The Bertz CT molecular complexity index is 660. The molecule has 2 aromatic carbocycles. The van der Waals surface area contributed by atoms with Crippen molar-refractivity contribution in [2.75, 3.05) is 5.32 Å². The zero-order chi connectivity index (χ0) is 14.7. The number of nitro groups is 1. The average molecular weight is 278 g/mol. The van der Waals surface area contributed by atoms with Crippen molar-refractivity contribution >= 4 is 11.4 Å². The van der Waals surface area contributed by atoms with Gasteiger partial charge >= 0.3 is 0 Å². The van der Waals surface area contributed by atoms with Crippen molar-refractivity contribution in [3.8, 4) is 0 Å². The topological polar surface area (TPSA) is 55.2 Å². The van der Waals surface area contributed by atoms with Crippen LogP contribution in [0.1, 0.15) is 11.1 Å². The van der Waals surface area contributed by atoms with Gasteiger partial charge in [0, 0.05) is 29.9 Å². The SMILES string of the molecule is Cc1ccc(CNc2ccc(F)c(F)c2)cc1[N+](=O)[O-]. The van der Waals surface area contributed by atoms with Gasteiger partial charge in [0.05, 0.1) is 4.92 Å². The van der Waals surface area contributed by atoms with Crippen molar-refractivity contribution in [2.24, 2.45) is 0 Å². The van der Waals surface area contributed by atoms with Gasteiger partial charge in [-0.1, -0.05) is 12.1 Å². The molecule has 20 heavy (non-hydrogen) atoms. The Balaban J connectivity index is 2.12. The van der Waals surface area contributed by atoms with E-state index in [4.69, 9.17) is 0 Å². The van der Waals surface area contributed by atoms with E-state index < -0.39 is 16.6 Å². The van der Waals surface area contributed by atoms with Gasteiger partial charge in [0.25, 0.3) is 5.69 Å². The molecule has 0 bridgehead atoms. The van der Waals surface area contributed by atoms with Crippen LogP contribution in [-0.2, 0) is 6.54 Å². The summed E-state index contributed by atoms with van der Waals surface area (Å²) in [6, 6.07) is 8.33. The average Bonchev–Trinajstić information content (AvgIpc) is 2.41. The molecule has 2 aromatic rings. The lowest BCUT2D eigenvalue weighted by Crippen LogP contribution is -2.01. The van der Waals surface area contributed by atoms with Gasteiger partial charge in [0.2, 0.25) is 0 Å². The van der Waals surface area contributed by atoms with Crippen molar-refractivity contribution in [2.45, 2.75) is 13.5 Å². The Hall–Kier alpha value is -2.50. The van der Waals surface area contributed by atoms with Crippen molar-refractivity contribution in [1.82, 2.24) is 0 Å². The van der Waals surface area contributed by atoms with Crippen molar-refractivity contribution < 1.29 is 13.7 Å². The van der Waals surface area contributed by atoms with Crippen molar-refractivity contribution in [3.63, 3.8) is 0 Å². The molecule has 0 heterocycles. The fraction of sp³-hybridized carbons (Fsp3) is 0.143. The zero-order valence-electron chi connectivity index (χ0n) is 10.7. The largest absolute Gasteiger partial charge is 0.381 e. The van der Waals surface area contributed by atoms with Gasteiger partial charge in [-0.15, -0.1) is 0 Å². The molecular formula is C14H12F2N2O2. The highest BCUT2D eigenvalue weighted by atomic mass is 19.2. The highest BCUT2D eigenvalue weighted by molar-refractivity contribution is 5.46. The summed E-state index contributed by atoms with van der Waals surface area (Å²) in [6.45, 7) is 1.94. The fourth-order valence-corrected chi connectivity index (χ4v) is 1.77. The first-order chi connectivity index (χ1) is 9.47. The Morgan fingerprint density at radius 3 is 2.55 bits per heavy atom. The minimum Gasteiger partial charge on any atom is -0.381 e. The number of hydrogen-bond acceptors (Lipinski definition) is 3. The van der Waals surface area contributed by atoms with E-state index in [-0.39, 0.29) is 12.2 Å². The molecule has 4 nitrogen and oxygen atoms in total. The van der Waals surface area contributed by atoms with Crippen LogP contribution >= 0.6 is 0 Å². The predicted octanol–water partition coefficient (Wildman–Crippen LogP) is 3.79. The predicted molar refractivity (Wildman–Crippen MR) is 71.5 cm³/mol. The van der Waals surface area contributed by atoms with E-state index in [1.807, 2.05) is 0 Å². The van der Waals surface area contributed by atoms with E-state index >= 15 is 0 Å². The van der Waals surface area contributed by atoms with Crippen LogP contribution in [0.3, 0.4) is 0 Å². The normalized spacial score (nSPS) is 10.3. The highest BCUT2D eigenvalue weighted by Gasteiger charge is 2.10. The first kappa shape index (κ1) is 13.9. The third-order valence-electron chi connectivity index (χ3n) is 2.89. The van der Waals surface area contributed by atoms with E-state index in [1.54, 1.807) is 19.1 Å². The van der Waals surface area contributed by atoms with Crippen LogP contribution in [-0.4, -0.2) is 4.92 Å². The Morgan fingerprint density at radius 1 is 1.15 bits per heavy atom. The summed E-state index contributed by atoms with van der Waals surface area (Å²) < 4.78 is 25.8. The lowest BCUT2D eigenvalue weighted by atomic mass is 10.1. The molecule has 6 heteroatoms. The maximum atomic E-state index is 13.0. The van der Waals surface area contributed by atoms with Crippen LogP contribution in [0.15, 0.2) is 36.4 Å². The van der Waals surface area contributed by atoms with E-state index in [2.05, 4.69) is 5.32 Å². The molecule has 0 aliphatic rings. The molecule has 0 aromatic heterocycles. The Labute approximate surface area is 114 Å². The first-order valence-electron chi connectivity index (χ1n) is 5.90. The highest BCUT2D eigenvalue weighted by Crippen LogP contribution is 2.20. The molecule has 1 N–H and O–H groups in total. The number of anilines is 1. The maximum absolute atomic E-state index is 13.0. The summed E-state index contributed by atoms with van der Waals surface area (Å²) in [5.74, 6) is -1.86. The van der Waals surface area contributed by atoms with Gasteiger partial charge in [-0.25, -0.2) is 8.78 Å². The third kappa shape index (κ3) is 3.09. The second-order valence-corrected chi connectivity index (χ2v) is 4.36. The van der Waals surface area contributed by atoms with Gasteiger partial charge < -0.3 is 5.32 Å². The molecule has 2 rings (SSSR count). The van der Waals surface area contributed by atoms with E-state index in [9.17, 15) is 18.9 Å².